The molecule has 0 aliphatic heterocycles. The van der Waals surface area contributed by atoms with Crippen LogP contribution in [0.2, 0.25) is 0 Å². The van der Waals surface area contributed by atoms with Gasteiger partial charge in [-0.3, -0.25) is 9.48 Å². The highest BCUT2D eigenvalue weighted by atomic mass is 16.5. The Bertz CT molecular complexity index is 325. The second-order valence-electron chi connectivity index (χ2n) is 3.40. The highest BCUT2D eigenvalue weighted by Crippen LogP contribution is 2.18. The summed E-state index contributed by atoms with van der Waals surface area (Å²) in [6.07, 6.45) is 2.06. The Hall–Kier alpha value is -1.36. The Balaban J connectivity index is 2.75. The van der Waals surface area contributed by atoms with E-state index in [4.69, 9.17) is 4.74 Å². The number of hydrogen-bond donors (Lipinski definition) is 1. The van der Waals surface area contributed by atoms with E-state index in [9.17, 15) is 4.79 Å². The zero-order chi connectivity index (χ0) is 12.0. The van der Waals surface area contributed by atoms with E-state index in [0.29, 0.717) is 31.0 Å². The van der Waals surface area contributed by atoms with Crippen LogP contribution in [0.4, 0.5) is 0 Å². The molecule has 0 unspecified atom stereocenters. The highest BCUT2D eigenvalue weighted by molar-refractivity contribution is 5.97. The summed E-state index contributed by atoms with van der Waals surface area (Å²) in [5.74, 6) is 0.625. The van der Waals surface area contributed by atoms with Gasteiger partial charge in [-0.25, -0.2) is 0 Å². The molecule has 1 aromatic rings. The molecule has 0 amide bonds. The predicted octanol–water partition coefficient (Wildman–Crippen LogP) is 1.09. The van der Waals surface area contributed by atoms with E-state index < -0.39 is 0 Å². The van der Waals surface area contributed by atoms with Crippen LogP contribution in [0.25, 0.3) is 0 Å². The van der Waals surface area contributed by atoms with Crippen LogP contribution in [0.15, 0.2) is 6.20 Å². The van der Waals surface area contributed by atoms with Crippen molar-refractivity contribution in [2.24, 2.45) is 0 Å². The third-order valence-corrected chi connectivity index (χ3v) is 2.37. The van der Waals surface area contributed by atoms with Gasteiger partial charge in [0.2, 0.25) is 0 Å². The third-order valence-electron chi connectivity index (χ3n) is 2.37. The van der Waals surface area contributed by atoms with Gasteiger partial charge in [-0.15, -0.1) is 0 Å². The van der Waals surface area contributed by atoms with E-state index in [1.165, 1.54) is 0 Å². The van der Waals surface area contributed by atoms with Crippen molar-refractivity contribution in [1.82, 2.24) is 15.1 Å². The monoisotopic (exact) mass is 225 g/mol. The molecule has 5 nitrogen and oxygen atoms in total. The number of carbonyl (C=O) groups is 1. The van der Waals surface area contributed by atoms with Crippen LogP contribution in [0.5, 0.6) is 5.75 Å². The van der Waals surface area contributed by atoms with Gasteiger partial charge in [-0.1, -0.05) is 6.92 Å². The Morgan fingerprint density at radius 3 is 2.88 bits per heavy atom. The molecule has 0 bridgehead atoms. The summed E-state index contributed by atoms with van der Waals surface area (Å²) in [7, 11) is 1.55. The highest BCUT2D eigenvalue weighted by Gasteiger charge is 2.17. The minimum atomic E-state index is 0.0668. The second-order valence-corrected chi connectivity index (χ2v) is 3.40. The smallest absolute Gasteiger partial charge is 0.185 e. The number of aryl methyl sites for hydroxylation is 1. The maximum Gasteiger partial charge on any atom is 0.185 e. The third kappa shape index (κ3) is 2.82. The molecule has 1 N–H and O–H groups in total. The summed E-state index contributed by atoms with van der Waals surface area (Å²) in [5.41, 5.74) is 0.572. The molecule has 90 valence electrons. The normalized spacial score (nSPS) is 10.4. The van der Waals surface area contributed by atoms with Crippen molar-refractivity contribution in [3.8, 4) is 5.75 Å². The van der Waals surface area contributed by atoms with Gasteiger partial charge in [0.15, 0.2) is 11.5 Å². The first kappa shape index (κ1) is 12.7. The number of carbonyl (C=O) groups excluding carboxylic acids is 1. The van der Waals surface area contributed by atoms with Gasteiger partial charge in [0.25, 0.3) is 0 Å². The van der Waals surface area contributed by atoms with Crippen LogP contribution in [0, 0.1) is 0 Å². The van der Waals surface area contributed by atoms with Crippen LogP contribution >= 0.6 is 0 Å². The number of methoxy groups -OCH3 is 1. The number of rotatable bonds is 7. The lowest BCUT2D eigenvalue weighted by Crippen LogP contribution is -2.19. The first-order valence-electron chi connectivity index (χ1n) is 5.58. The zero-order valence-electron chi connectivity index (χ0n) is 10.1. The van der Waals surface area contributed by atoms with Gasteiger partial charge in [0.1, 0.15) is 5.69 Å². The molecule has 0 aliphatic rings. The van der Waals surface area contributed by atoms with Gasteiger partial charge < -0.3 is 10.1 Å². The van der Waals surface area contributed by atoms with Crippen molar-refractivity contribution in [2.75, 3.05) is 20.2 Å². The molecule has 1 rings (SSSR count). The molecule has 0 aliphatic carbocycles. The fraction of sp³-hybridized carbons (Fsp3) is 0.636. The van der Waals surface area contributed by atoms with Crippen LogP contribution in [-0.4, -0.2) is 35.8 Å². The Labute approximate surface area is 95.8 Å². The lowest BCUT2D eigenvalue weighted by Gasteiger charge is -2.06. The molecule has 5 heteroatoms. The molecule has 0 aromatic carbocycles. The number of aromatic nitrogens is 2. The summed E-state index contributed by atoms with van der Waals surface area (Å²) in [4.78, 5) is 12.0. The van der Waals surface area contributed by atoms with Gasteiger partial charge in [0.05, 0.1) is 13.3 Å². The standard InChI is InChI=1S/C11H19N3O2/c1-4-12-7-6-9(15)11-10(16-3)8-13-14(11)5-2/h8,12H,4-7H2,1-3H3. The molecule has 0 atom stereocenters. The largest absolute Gasteiger partial charge is 0.493 e. The summed E-state index contributed by atoms with van der Waals surface area (Å²) in [6.45, 7) is 6.20. The maximum atomic E-state index is 12.0. The fourth-order valence-electron chi connectivity index (χ4n) is 1.54. The molecule has 1 heterocycles. The molecular weight excluding hydrogens is 206 g/mol. The van der Waals surface area contributed by atoms with E-state index in [-0.39, 0.29) is 5.78 Å². The number of nitrogens with zero attached hydrogens (tertiary/aromatic N) is 2. The fourth-order valence-corrected chi connectivity index (χ4v) is 1.54. The molecule has 1 aromatic heterocycles. The van der Waals surface area contributed by atoms with Crippen LogP contribution in [-0.2, 0) is 6.54 Å². The SMILES string of the molecule is CCNCCC(=O)c1c(OC)cnn1CC. The van der Waals surface area contributed by atoms with Crippen LogP contribution in [0.3, 0.4) is 0 Å². The maximum absolute atomic E-state index is 12.0. The minimum Gasteiger partial charge on any atom is -0.493 e. The van der Waals surface area contributed by atoms with Crippen molar-refractivity contribution in [2.45, 2.75) is 26.8 Å². The lowest BCUT2D eigenvalue weighted by atomic mass is 10.2. The summed E-state index contributed by atoms with van der Waals surface area (Å²) < 4.78 is 6.80. The molecule has 0 saturated carbocycles. The van der Waals surface area contributed by atoms with Crippen molar-refractivity contribution < 1.29 is 9.53 Å². The second kappa shape index (κ2) is 6.27. The van der Waals surface area contributed by atoms with E-state index in [0.717, 1.165) is 6.54 Å². The molecule has 0 radical (unpaired) electrons. The predicted molar refractivity (Wildman–Crippen MR) is 61.9 cm³/mol. The first-order valence-corrected chi connectivity index (χ1v) is 5.58. The quantitative estimate of drug-likeness (QED) is 0.557. The van der Waals surface area contributed by atoms with Crippen molar-refractivity contribution in [3.63, 3.8) is 0 Å². The van der Waals surface area contributed by atoms with Crippen molar-refractivity contribution >= 4 is 5.78 Å². The van der Waals surface area contributed by atoms with Crippen LogP contribution < -0.4 is 10.1 Å². The Kier molecular flexibility index (Phi) is 4.98. The van der Waals surface area contributed by atoms with Crippen molar-refractivity contribution in [1.29, 1.82) is 0 Å². The van der Waals surface area contributed by atoms with E-state index in [1.54, 1.807) is 18.0 Å². The first-order chi connectivity index (χ1) is 7.74. The average molecular weight is 225 g/mol. The molecule has 16 heavy (non-hydrogen) atoms. The lowest BCUT2D eigenvalue weighted by molar-refractivity contribution is 0.0969. The number of nitrogens with one attached hydrogen (secondary N) is 1. The molecule has 0 saturated heterocycles. The topological polar surface area (TPSA) is 56.1 Å². The number of ketones is 1. The van der Waals surface area contributed by atoms with E-state index in [1.807, 2.05) is 13.8 Å². The van der Waals surface area contributed by atoms with Gasteiger partial charge >= 0.3 is 0 Å². The Morgan fingerprint density at radius 2 is 2.31 bits per heavy atom. The van der Waals surface area contributed by atoms with E-state index >= 15 is 0 Å². The van der Waals surface area contributed by atoms with Gasteiger partial charge in [-0.05, 0) is 13.5 Å². The van der Waals surface area contributed by atoms with Crippen molar-refractivity contribution in [3.05, 3.63) is 11.9 Å². The van der Waals surface area contributed by atoms with Gasteiger partial charge in [0, 0.05) is 19.5 Å². The summed E-state index contributed by atoms with van der Waals surface area (Å²) >= 11 is 0. The molecule has 0 fully saturated rings. The number of Topliss-reactive ketones (excluding diaryl/α,β-unsaturated/α-hetero) is 1. The van der Waals surface area contributed by atoms with Crippen LogP contribution in [0.1, 0.15) is 30.8 Å². The summed E-state index contributed by atoms with van der Waals surface area (Å²) in [6, 6.07) is 0. The zero-order valence-corrected chi connectivity index (χ0v) is 10.1. The molecular formula is C11H19N3O2. The summed E-state index contributed by atoms with van der Waals surface area (Å²) in [5, 5.41) is 7.23. The number of ether oxygens (including phenoxy) is 1. The number of hydrogen-bond acceptors (Lipinski definition) is 4. The van der Waals surface area contributed by atoms with Gasteiger partial charge in [-0.2, -0.15) is 5.10 Å². The average Bonchev–Trinajstić information content (AvgIpc) is 2.71. The van der Waals surface area contributed by atoms with E-state index in [2.05, 4.69) is 10.4 Å². The minimum absolute atomic E-state index is 0.0668. The Morgan fingerprint density at radius 1 is 1.56 bits per heavy atom. The molecule has 0 spiro atoms.